The summed E-state index contributed by atoms with van der Waals surface area (Å²) in [5.41, 5.74) is 1.95. The molecule has 0 spiro atoms. The number of nitrogens with one attached hydrogen (secondary N) is 2. The average Bonchev–Trinajstić information content (AvgIpc) is 2.62. The van der Waals surface area contributed by atoms with Gasteiger partial charge in [0.2, 0.25) is 10.0 Å². The van der Waals surface area contributed by atoms with Crippen LogP contribution in [0.2, 0.25) is 0 Å². The first-order chi connectivity index (χ1) is 12.8. The van der Waals surface area contributed by atoms with Gasteiger partial charge in [-0.3, -0.25) is 4.79 Å². The van der Waals surface area contributed by atoms with Crippen LogP contribution in [0.15, 0.2) is 47.4 Å². The van der Waals surface area contributed by atoms with E-state index in [0.717, 1.165) is 9.87 Å². The monoisotopic (exact) mass is 391 g/mol. The molecule has 0 saturated carbocycles. The number of amides is 1. The Morgan fingerprint density at radius 3 is 2.44 bits per heavy atom. The van der Waals surface area contributed by atoms with Gasteiger partial charge in [-0.2, -0.15) is 0 Å². The van der Waals surface area contributed by atoms with E-state index in [1.165, 1.54) is 26.2 Å². The first-order valence-electron chi connectivity index (χ1n) is 8.54. The molecule has 2 rings (SSSR count). The highest BCUT2D eigenvalue weighted by atomic mass is 32.2. The molecule has 0 atom stereocenters. The smallest absolute Gasteiger partial charge is 0.262 e. The number of anilines is 2. The number of sulfonamides is 1. The van der Waals surface area contributed by atoms with Crippen molar-refractivity contribution in [3.05, 3.63) is 48.0 Å². The average molecular weight is 391 g/mol. The molecule has 0 aliphatic heterocycles. The van der Waals surface area contributed by atoms with E-state index < -0.39 is 10.0 Å². The van der Waals surface area contributed by atoms with E-state index >= 15 is 0 Å². The highest BCUT2D eigenvalue weighted by molar-refractivity contribution is 7.89. The molecule has 27 heavy (non-hydrogen) atoms. The van der Waals surface area contributed by atoms with Crippen LogP contribution in [0.5, 0.6) is 5.75 Å². The first-order valence-corrected chi connectivity index (χ1v) is 9.98. The van der Waals surface area contributed by atoms with Gasteiger partial charge in [-0.1, -0.05) is 18.2 Å². The van der Waals surface area contributed by atoms with E-state index in [1.807, 2.05) is 32.0 Å². The van der Waals surface area contributed by atoms with Gasteiger partial charge in [-0.25, -0.2) is 12.7 Å². The molecule has 8 heteroatoms. The Morgan fingerprint density at radius 2 is 1.81 bits per heavy atom. The summed E-state index contributed by atoms with van der Waals surface area (Å²) in [4.78, 5) is 12.4. The molecule has 0 heterocycles. The molecular formula is C19H25N3O4S. The molecule has 0 radical (unpaired) electrons. The summed E-state index contributed by atoms with van der Waals surface area (Å²) >= 11 is 0. The molecule has 2 aromatic rings. The number of benzene rings is 2. The van der Waals surface area contributed by atoms with Gasteiger partial charge in [0.15, 0.2) is 6.61 Å². The molecule has 0 aromatic heterocycles. The number of carbonyl (C=O) groups excluding carboxylic acids is 1. The van der Waals surface area contributed by atoms with E-state index in [1.54, 1.807) is 12.1 Å². The highest BCUT2D eigenvalue weighted by Gasteiger charge is 2.19. The van der Waals surface area contributed by atoms with Crippen LogP contribution in [0, 0.1) is 6.92 Å². The summed E-state index contributed by atoms with van der Waals surface area (Å²) in [5.74, 6) is 0.250. The number of rotatable bonds is 8. The fourth-order valence-electron chi connectivity index (χ4n) is 2.39. The summed E-state index contributed by atoms with van der Waals surface area (Å²) in [7, 11) is -0.684. The van der Waals surface area contributed by atoms with Gasteiger partial charge >= 0.3 is 0 Å². The molecular weight excluding hydrogens is 366 g/mol. The fourth-order valence-corrected chi connectivity index (χ4v) is 3.32. The topological polar surface area (TPSA) is 87.7 Å². The van der Waals surface area contributed by atoms with Crippen molar-refractivity contribution in [3.8, 4) is 5.75 Å². The van der Waals surface area contributed by atoms with Gasteiger partial charge in [0.1, 0.15) is 5.75 Å². The Labute approximate surface area is 160 Å². The van der Waals surface area contributed by atoms with E-state index in [2.05, 4.69) is 10.6 Å². The molecule has 0 saturated heterocycles. The summed E-state index contributed by atoms with van der Waals surface area (Å²) < 4.78 is 31.4. The summed E-state index contributed by atoms with van der Waals surface area (Å²) in [5, 5.41) is 5.84. The van der Waals surface area contributed by atoms with Crippen molar-refractivity contribution in [3.63, 3.8) is 0 Å². The van der Waals surface area contributed by atoms with Crippen molar-refractivity contribution in [2.75, 3.05) is 37.9 Å². The zero-order chi connectivity index (χ0) is 20.0. The zero-order valence-corrected chi connectivity index (χ0v) is 16.8. The number of hydrogen-bond donors (Lipinski definition) is 2. The third kappa shape index (κ3) is 5.21. The maximum atomic E-state index is 12.4. The molecule has 0 unspecified atom stereocenters. The van der Waals surface area contributed by atoms with Crippen molar-refractivity contribution < 1.29 is 17.9 Å². The number of hydrogen-bond acceptors (Lipinski definition) is 5. The summed E-state index contributed by atoms with van der Waals surface area (Å²) in [6, 6.07) is 12.0. The summed E-state index contributed by atoms with van der Waals surface area (Å²) in [6.07, 6.45) is 0. The molecule has 146 valence electrons. The van der Waals surface area contributed by atoms with Crippen LogP contribution in [0.3, 0.4) is 0 Å². The predicted octanol–water partition coefficient (Wildman–Crippen LogP) is 2.69. The van der Waals surface area contributed by atoms with Crippen LogP contribution in [0.25, 0.3) is 0 Å². The normalized spacial score (nSPS) is 11.3. The molecule has 7 nitrogen and oxygen atoms in total. The second-order valence-electron chi connectivity index (χ2n) is 6.13. The van der Waals surface area contributed by atoms with E-state index in [0.29, 0.717) is 23.7 Å². The molecule has 0 bridgehead atoms. The van der Waals surface area contributed by atoms with Gasteiger partial charge in [-0.15, -0.1) is 0 Å². The minimum absolute atomic E-state index is 0.101. The highest BCUT2D eigenvalue weighted by Crippen LogP contribution is 2.27. The third-order valence-electron chi connectivity index (χ3n) is 3.86. The van der Waals surface area contributed by atoms with Crippen LogP contribution in [0.4, 0.5) is 11.4 Å². The second kappa shape index (κ2) is 8.88. The Kier molecular flexibility index (Phi) is 6.81. The fraction of sp³-hybridized carbons (Fsp3) is 0.316. The van der Waals surface area contributed by atoms with Crippen LogP contribution in [0.1, 0.15) is 12.5 Å². The minimum atomic E-state index is -3.60. The van der Waals surface area contributed by atoms with Gasteiger partial charge in [0.25, 0.3) is 5.91 Å². The molecule has 1 amide bonds. The maximum Gasteiger partial charge on any atom is 0.262 e. The maximum absolute atomic E-state index is 12.4. The lowest BCUT2D eigenvalue weighted by Gasteiger charge is -2.16. The lowest BCUT2D eigenvalue weighted by atomic mass is 10.2. The van der Waals surface area contributed by atoms with Gasteiger partial charge in [-0.05, 0) is 43.7 Å². The minimum Gasteiger partial charge on any atom is -0.483 e. The van der Waals surface area contributed by atoms with Crippen LogP contribution >= 0.6 is 0 Å². The molecule has 0 fully saturated rings. The SMILES string of the molecule is CCNc1ccc(S(=O)(=O)N(C)C)cc1NC(=O)COc1ccccc1C. The number of aryl methyl sites for hydroxylation is 1. The number of para-hydroxylation sites is 1. The van der Waals surface area contributed by atoms with Crippen LogP contribution in [-0.2, 0) is 14.8 Å². The molecule has 0 aliphatic rings. The van der Waals surface area contributed by atoms with Crippen molar-refractivity contribution >= 4 is 27.3 Å². The first kappa shape index (κ1) is 20.7. The third-order valence-corrected chi connectivity index (χ3v) is 5.67. The van der Waals surface area contributed by atoms with E-state index in [4.69, 9.17) is 4.74 Å². The Morgan fingerprint density at radius 1 is 1.11 bits per heavy atom. The van der Waals surface area contributed by atoms with Crippen LogP contribution < -0.4 is 15.4 Å². The standard InChI is InChI=1S/C19H25N3O4S/c1-5-20-16-11-10-15(27(24,25)22(3)4)12-17(16)21-19(23)13-26-18-9-7-6-8-14(18)2/h6-12,20H,5,13H2,1-4H3,(H,21,23). The van der Waals surface area contributed by atoms with Gasteiger partial charge < -0.3 is 15.4 Å². The van der Waals surface area contributed by atoms with Crippen molar-refractivity contribution in [1.29, 1.82) is 0 Å². The Bertz CT molecular complexity index is 911. The lowest BCUT2D eigenvalue weighted by molar-refractivity contribution is -0.118. The largest absolute Gasteiger partial charge is 0.483 e. The Hall–Kier alpha value is -2.58. The van der Waals surface area contributed by atoms with Crippen molar-refractivity contribution in [1.82, 2.24) is 4.31 Å². The van der Waals surface area contributed by atoms with E-state index in [9.17, 15) is 13.2 Å². The second-order valence-corrected chi connectivity index (χ2v) is 8.28. The predicted molar refractivity (Wildman–Crippen MR) is 107 cm³/mol. The zero-order valence-electron chi connectivity index (χ0n) is 15.9. The quantitative estimate of drug-likeness (QED) is 0.722. The number of nitrogens with zero attached hydrogens (tertiary/aromatic N) is 1. The number of carbonyl (C=O) groups is 1. The Balaban J connectivity index is 2.19. The van der Waals surface area contributed by atoms with E-state index in [-0.39, 0.29) is 17.4 Å². The van der Waals surface area contributed by atoms with Gasteiger partial charge in [0.05, 0.1) is 16.3 Å². The number of ether oxygens (including phenoxy) is 1. The molecule has 2 N–H and O–H groups in total. The van der Waals surface area contributed by atoms with Crippen molar-refractivity contribution in [2.24, 2.45) is 0 Å². The summed E-state index contributed by atoms with van der Waals surface area (Å²) in [6.45, 7) is 4.26. The van der Waals surface area contributed by atoms with Gasteiger partial charge in [0, 0.05) is 20.6 Å². The van der Waals surface area contributed by atoms with Crippen LogP contribution in [-0.4, -0.2) is 45.9 Å². The lowest BCUT2D eigenvalue weighted by Crippen LogP contribution is -2.24. The molecule has 0 aliphatic carbocycles. The molecule has 2 aromatic carbocycles. The van der Waals surface area contributed by atoms with Crippen molar-refractivity contribution in [2.45, 2.75) is 18.7 Å².